The van der Waals surface area contributed by atoms with Gasteiger partial charge in [0.2, 0.25) is 6.10 Å². The Kier molecular flexibility index (Phi) is 11.8. The highest BCUT2D eigenvalue weighted by Crippen LogP contribution is 2.40. The molecular formula is C35H33N5O9S. The molecule has 3 aliphatic rings. The molecule has 3 N–H and O–H groups in total. The van der Waals surface area contributed by atoms with Gasteiger partial charge in [-0.15, -0.1) is 11.3 Å². The van der Waals surface area contributed by atoms with Crippen molar-refractivity contribution in [3.8, 4) is 10.4 Å². The first-order valence-electron chi connectivity index (χ1n) is 15.7. The molecule has 3 fully saturated rings. The van der Waals surface area contributed by atoms with Gasteiger partial charge in [0.05, 0.1) is 28.9 Å². The van der Waals surface area contributed by atoms with Gasteiger partial charge in [0.15, 0.2) is 0 Å². The number of carboxylic acids is 1. The highest BCUT2D eigenvalue weighted by atomic mass is 32.1. The zero-order valence-corrected chi connectivity index (χ0v) is 27.7. The number of carbonyl (C=O) groups excluding carboxylic acids is 4. The molecule has 2 aromatic carbocycles. The average Bonchev–Trinajstić information content (AvgIpc) is 3.77. The van der Waals surface area contributed by atoms with Crippen LogP contribution >= 0.6 is 11.3 Å². The van der Waals surface area contributed by atoms with E-state index in [9.17, 15) is 19.2 Å². The lowest BCUT2D eigenvalue weighted by molar-refractivity contribution is -0.191. The standard InChI is InChI=1S/C17H19N5OS.C17H14O6.CO2/c1-9-11(8-18-21-9)14-7-12-15(24-14)17(23)20-16(19-12)13-6-10-2-4-22(13)5-3-10;18-15(19)14(23-17(21)13-9-5-2-6-10-13)11-22-16(20)12-7-3-1-4-8-12;2-1-3/h7-8,10,13H,2-6H2,1H3,(H,18,21)(H,19,20,23);1-10,14H,11H2,(H,18,19);/t13-;14-;/m00./s1. The summed E-state index contributed by atoms with van der Waals surface area (Å²) in [5.74, 6) is -1.26. The van der Waals surface area contributed by atoms with Gasteiger partial charge in [0.1, 0.15) is 17.1 Å². The number of nitrogens with one attached hydrogen (secondary N) is 2. The van der Waals surface area contributed by atoms with Crippen molar-refractivity contribution in [2.75, 3.05) is 19.7 Å². The van der Waals surface area contributed by atoms with Gasteiger partial charge in [-0.2, -0.15) is 14.7 Å². The van der Waals surface area contributed by atoms with Gasteiger partial charge in [0, 0.05) is 16.1 Å². The number of esters is 2. The van der Waals surface area contributed by atoms with Crippen LogP contribution in [0.25, 0.3) is 20.7 Å². The first-order valence-corrected chi connectivity index (χ1v) is 16.5. The fraction of sp³-hybridized carbons (Fsp3) is 0.286. The number of ether oxygens (including phenoxy) is 2. The van der Waals surface area contributed by atoms with Gasteiger partial charge in [0.25, 0.3) is 5.56 Å². The third kappa shape index (κ3) is 8.63. The van der Waals surface area contributed by atoms with Crippen LogP contribution in [0.3, 0.4) is 0 Å². The predicted octanol–water partition coefficient (Wildman–Crippen LogP) is 4.41. The van der Waals surface area contributed by atoms with E-state index in [2.05, 4.69) is 20.1 Å². The van der Waals surface area contributed by atoms with E-state index in [0.717, 1.165) is 52.9 Å². The molecule has 3 saturated heterocycles. The van der Waals surface area contributed by atoms with Gasteiger partial charge in [-0.05, 0) is 75.5 Å². The molecule has 0 saturated carbocycles. The maximum Gasteiger partial charge on any atom is 0.373 e. The second kappa shape index (κ2) is 16.6. The summed E-state index contributed by atoms with van der Waals surface area (Å²) < 4.78 is 10.5. The SMILES string of the molecule is Cc1[nH]ncc1-c1cc2nc([C@@H]3CC4CCN3CC4)[nH]c(=O)c2s1.O=C(OC[C@H](OC(=O)c1ccccc1)C(=O)O)c1ccccc1.O=C=O. The van der Waals surface area contributed by atoms with Crippen molar-refractivity contribution in [2.24, 2.45) is 5.92 Å². The summed E-state index contributed by atoms with van der Waals surface area (Å²) in [5.41, 5.74) is 3.33. The van der Waals surface area contributed by atoms with Crippen molar-refractivity contribution in [2.45, 2.75) is 38.3 Å². The number of benzene rings is 2. The maximum absolute atomic E-state index is 12.6. The molecular weight excluding hydrogens is 666 g/mol. The van der Waals surface area contributed by atoms with Crippen LogP contribution in [0, 0.1) is 12.8 Å². The number of hydrogen-bond donors (Lipinski definition) is 3. The topological polar surface area (TPSA) is 202 Å². The molecule has 258 valence electrons. The Labute approximate surface area is 289 Å². The summed E-state index contributed by atoms with van der Waals surface area (Å²) in [6.45, 7) is 3.67. The molecule has 0 amide bonds. The summed E-state index contributed by atoms with van der Waals surface area (Å²) in [4.78, 5) is 75.0. The predicted molar refractivity (Wildman–Crippen MR) is 179 cm³/mol. The molecule has 0 spiro atoms. The Morgan fingerprint density at radius 1 is 1.02 bits per heavy atom. The van der Waals surface area contributed by atoms with E-state index >= 15 is 0 Å². The van der Waals surface area contributed by atoms with Crippen molar-refractivity contribution in [3.05, 3.63) is 106 Å². The highest BCUT2D eigenvalue weighted by molar-refractivity contribution is 7.22. The van der Waals surface area contributed by atoms with Crippen LogP contribution in [-0.2, 0) is 23.9 Å². The van der Waals surface area contributed by atoms with E-state index in [-0.39, 0.29) is 28.9 Å². The van der Waals surface area contributed by atoms with Crippen LogP contribution < -0.4 is 5.56 Å². The number of carbonyl (C=O) groups is 3. The molecule has 14 nitrogen and oxygen atoms in total. The Morgan fingerprint density at radius 3 is 2.18 bits per heavy atom. The number of hydrogen-bond acceptors (Lipinski definition) is 12. The van der Waals surface area contributed by atoms with Crippen molar-refractivity contribution >= 4 is 45.6 Å². The van der Waals surface area contributed by atoms with Crippen LogP contribution in [0.1, 0.15) is 57.5 Å². The third-order valence-electron chi connectivity index (χ3n) is 8.37. The van der Waals surface area contributed by atoms with Crippen molar-refractivity contribution in [1.29, 1.82) is 0 Å². The van der Waals surface area contributed by atoms with Gasteiger partial charge >= 0.3 is 24.1 Å². The van der Waals surface area contributed by atoms with Gasteiger partial charge < -0.3 is 19.6 Å². The Hall–Kier alpha value is -5.76. The molecule has 2 bridgehead atoms. The first kappa shape index (κ1) is 35.5. The van der Waals surface area contributed by atoms with Gasteiger partial charge in [-0.1, -0.05) is 36.4 Å². The number of fused-ring (bicyclic) bond motifs is 4. The van der Waals surface area contributed by atoms with E-state index in [1.807, 2.05) is 13.0 Å². The number of nitrogens with zero attached hydrogens (tertiary/aromatic N) is 3. The van der Waals surface area contributed by atoms with Crippen molar-refractivity contribution in [1.82, 2.24) is 25.1 Å². The number of aromatic amines is 2. The highest BCUT2D eigenvalue weighted by Gasteiger charge is 2.36. The summed E-state index contributed by atoms with van der Waals surface area (Å²) in [5, 5.41) is 16.1. The average molecular weight is 700 g/mol. The number of H-pyrrole nitrogens is 2. The lowest BCUT2D eigenvalue weighted by Gasteiger charge is -2.44. The lowest BCUT2D eigenvalue weighted by Crippen LogP contribution is -2.44. The van der Waals surface area contributed by atoms with E-state index in [0.29, 0.717) is 4.70 Å². The zero-order chi connectivity index (χ0) is 35.6. The quantitative estimate of drug-likeness (QED) is 0.193. The van der Waals surface area contributed by atoms with E-state index < -0.39 is 30.6 Å². The first-order chi connectivity index (χ1) is 24.2. The monoisotopic (exact) mass is 699 g/mol. The zero-order valence-electron chi connectivity index (χ0n) is 26.9. The molecule has 5 aromatic rings. The van der Waals surface area contributed by atoms with Crippen molar-refractivity contribution in [3.63, 3.8) is 0 Å². The molecule has 0 aliphatic carbocycles. The second-order valence-corrected chi connectivity index (χ2v) is 12.6. The smallest absolute Gasteiger partial charge is 0.373 e. The van der Waals surface area contributed by atoms with Crippen molar-refractivity contribution < 1.29 is 38.6 Å². The minimum atomic E-state index is -1.57. The van der Waals surface area contributed by atoms with E-state index in [1.165, 1.54) is 48.4 Å². The molecule has 8 rings (SSSR count). The Balaban J connectivity index is 0.000000181. The third-order valence-corrected chi connectivity index (χ3v) is 9.52. The summed E-state index contributed by atoms with van der Waals surface area (Å²) >= 11 is 1.49. The number of thiophene rings is 1. The van der Waals surface area contributed by atoms with Crippen LogP contribution in [0.4, 0.5) is 0 Å². The fourth-order valence-electron chi connectivity index (χ4n) is 5.83. The molecule has 0 unspecified atom stereocenters. The van der Waals surface area contributed by atoms with E-state index in [4.69, 9.17) is 29.2 Å². The number of aryl methyl sites for hydroxylation is 1. The molecule has 15 heteroatoms. The Morgan fingerprint density at radius 2 is 1.64 bits per heavy atom. The van der Waals surface area contributed by atoms with Crippen LogP contribution in [0.5, 0.6) is 0 Å². The van der Waals surface area contributed by atoms with Crippen LogP contribution in [0.15, 0.2) is 77.7 Å². The maximum atomic E-state index is 12.6. The number of rotatable bonds is 8. The molecule has 6 heterocycles. The molecule has 3 aliphatic heterocycles. The second-order valence-electron chi connectivity index (χ2n) is 11.6. The van der Waals surface area contributed by atoms with Crippen LogP contribution in [-0.4, -0.2) is 80.0 Å². The van der Waals surface area contributed by atoms with Gasteiger partial charge in [-0.3, -0.25) is 14.8 Å². The lowest BCUT2D eigenvalue weighted by atomic mass is 9.83. The normalized spacial score (nSPS) is 18.0. The number of carboxylic acid groups (broad SMARTS) is 1. The summed E-state index contributed by atoms with van der Waals surface area (Å²) in [6, 6.07) is 18.4. The minimum absolute atomic E-state index is 0.0185. The Bertz CT molecular complexity index is 2030. The summed E-state index contributed by atoms with van der Waals surface area (Å²) in [6.07, 6.45) is 4.17. The molecule has 3 aromatic heterocycles. The largest absolute Gasteiger partial charge is 0.478 e. The minimum Gasteiger partial charge on any atom is -0.478 e. The molecule has 50 heavy (non-hydrogen) atoms. The fourth-order valence-corrected chi connectivity index (χ4v) is 6.89. The molecule has 0 radical (unpaired) electrons. The number of aromatic nitrogens is 4. The summed E-state index contributed by atoms with van der Waals surface area (Å²) in [7, 11) is 0. The number of piperidine rings is 3. The molecule has 2 atom stereocenters. The van der Waals surface area contributed by atoms with E-state index in [1.54, 1.807) is 42.6 Å². The van der Waals surface area contributed by atoms with Gasteiger partial charge in [-0.25, -0.2) is 19.4 Å². The number of aliphatic carboxylic acids is 1. The van der Waals surface area contributed by atoms with Crippen LogP contribution in [0.2, 0.25) is 0 Å².